The Labute approximate surface area is 169 Å². The van der Waals surface area contributed by atoms with Gasteiger partial charge in [-0.15, -0.1) is 0 Å². The van der Waals surface area contributed by atoms with E-state index in [0.717, 1.165) is 43.8 Å². The van der Waals surface area contributed by atoms with Gasteiger partial charge in [-0.25, -0.2) is 0 Å². The van der Waals surface area contributed by atoms with Crippen molar-refractivity contribution >= 4 is 6.29 Å². The van der Waals surface area contributed by atoms with Crippen molar-refractivity contribution in [3.63, 3.8) is 0 Å². The number of carbonyl (C=O) groups excluding carboxylic acids is 1. The molecule has 0 amide bonds. The van der Waals surface area contributed by atoms with E-state index < -0.39 is 5.60 Å². The highest BCUT2D eigenvalue weighted by atomic mass is 16.5. The van der Waals surface area contributed by atoms with E-state index in [2.05, 4.69) is 32.9 Å². The summed E-state index contributed by atoms with van der Waals surface area (Å²) in [5, 5.41) is 11.8. The third-order valence-corrected chi connectivity index (χ3v) is 9.86. The zero-order valence-corrected chi connectivity index (χ0v) is 17.7. The molecule has 0 radical (unpaired) electrons. The molecule has 5 rings (SSSR count). The average Bonchev–Trinajstić information content (AvgIpc) is 3.43. The van der Waals surface area contributed by atoms with E-state index in [4.69, 9.17) is 4.74 Å². The standard InChI is InChI=1S/C25H36O3/c1-4-28-17-8-11-23(2)16(14-17)6-7-18-20(23)9-12-24(3)22(18)19-15-21(19)25(24,27)10-5-13-26/h6,13-14,18-22,27H,4-5,7-12,15H2,1-3H3/t18-,19-,20+,21+,22-,23+,24+,25+/m1/s1. The average molecular weight is 385 g/mol. The van der Waals surface area contributed by atoms with Crippen LogP contribution in [0.1, 0.15) is 72.1 Å². The zero-order chi connectivity index (χ0) is 19.7. The molecule has 3 saturated carbocycles. The molecule has 0 spiro atoms. The summed E-state index contributed by atoms with van der Waals surface area (Å²) in [4.78, 5) is 11.1. The van der Waals surface area contributed by atoms with Crippen molar-refractivity contribution in [3.8, 4) is 0 Å². The van der Waals surface area contributed by atoms with Crippen LogP contribution in [0, 0.1) is 40.4 Å². The molecule has 0 aromatic heterocycles. The molecule has 0 aromatic rings. The number of ether oxygens (including phenoxy) is 1. The van der Waals surface area contributed by atoms with E-state index in [9.17, 15) is 9.90 Å². The summed E-state index contributed by atoms with van der Waals surface area (Å²) >= 11 is 0. The largest absolute Gasteiger partial charge is 0.498 e. The topological polar surface area (TPSA) is 46.5 Å². The van der Waals surface area contributed by atoms with Gasteiger partial charge in [0.25, 0.3) is 0 Å². The molecule has 5 aliphatic rings. The second-order valence-corrected chi connectivity index (χ2v) is 10.7. The Morgan fingerprint density at radius 1 is 1.25 bits per heavy atom. The van der Waals surface area contributed by atoms with Crippen LogP contribution in [0.2, 0.25) is 0 Å². The lowest BCUT2D eigenvalue weighted by Crippen LogP contribution is -2.56. The van der Waals surface area contributed by atoms with E-state index in [1.807, 2.05) is 0 Å². The minimum absolute atomic E-state index is 0.00650. The van der Waals surface area contributed by atoms with Crippen LogP contribution in [0.25, 0.3) is 0 Å². The summed E-state index contributed by atoms with van der Waals surface area (Å²) in [6.45, 7) is 7.68. The number of hydrogen-bond donors (Lipinski definition) is 1. The SMILES string of the molecule is CCOC1=CC2=CC[C@H]3[C@@H]4[C@@H]5C[C@@H]5[C@@](O)(CCC=O)[C@@]4(C)CC[C@@H]3[C@@]2(C)CC1. The highest BCUT2D eigenvalue weighted by molar-refractivity contribution is 5.49. The van der Waals surface area contributed by atoms with E-state index in [0.29, 0.717) is 36.5 Å². The maximum absolute atomic E-state index is 11.8. The van der Waals surface area contributed by atoms with Gasteiger partial charge in [0.1, 0.15) is 6.29 Å². The molecule has 0 saturated heterocycles. The van der Waals surface area contributed by atoms with E-state index in [1.54, 1.807) is 0 Å². The van der Waals surface area contributed by atoms with Crippen molar-refractivity contribution in [2.24, 2.45) is 40.4 Å². The Morgan fingerprint density at radius 2 is 2.07 bits per heavy atom. The normalized spacial score (nSPS) is 51.1. The van der Waals surface area contributed by atoms with Crippen molar-refractivity contribution in [1.29, 1.82) is 0 Å². The lowest BCUT2D eigenvalue weighted by Gasteiger charge is -2.59. The van der Waals surface area contributed by atoms with E-state index >= 15 is 0 Å². The minimum Gasteiger partial charge on any atom is -0.498 e. The minimum atomic E-state index is -0.617. The molecule has 0 heterocycles. The van der Waals surface area contributed by atoms with Gasteiger partial charge in [-0.3, -0.25) is 0 Å². The zero-order valence-electron chi connectivity index (χ0n) is 17.7. The molecule has 8 atom stereocenters. The molecular formula is C25H36O3. The molecule has 5 aliphatic carbocycles. The van der Waals surface area contributed by atoms with Crippen LogP contribution in [-0.2, 0) is 9.53 Å². The first kappa shape index (κ1) is 18.9. The molecule has 0 bridgehead atoms. The molecule has 0 aliphatic heterocycles. The molecule has 28 heavy (non-hydrogen) atoms. The van der Waals surface area contributed by atoms with Crippen molar-refractivity contribution in [2.45, 2.75) is 77.7 Å². The quantitative estimate of drug-likeness (QED) is 0.675. The van der Waals surface area contributed by atoms with Crippen molar-refractivity contribution in [2.75, 3.05) is 6.61 Å². The van der Waals surface area contributed by atoms with Gasteiger partial charge in [-0.1, -0.05) is 19.9 Å². The number of carbonyl (C=O) groups is 1. The second kappa shape index (κ2) is 6.20. The van der Waals surface area contributed by atoms with Gasteiger partial charge >= 0.3 is 0 Å². The second-order valence-electron chi connectivity index (χ2n) is 10.7. The molecule has 3 nitrogen and oxygen atoms in total. The van der Waals surface area contributed by atoms with Gasteiger partial charge in [-0.05, 0) is 97.5 Å². The van der Waals surface area contributed by atoms with Crippen molar-refractivity contribution in [3.05, 3.63) is 23.5 Å². The van der Waals surface area contributed by atoms with Crippen LogP contribution >= 0.6 is 0 Å². The van der Waals surface area contributed by atoms with Crippen LogP contribution in [-0.4, -0.2) is 23.6 Å². The molecule has 154 valence electrons. The van der Waals surface area contributed by atoms with Gasteiger partial charge in [0, 0.05) is 12.8 Å². The summed E-state index contributed by atoms with van der Waals surface area (Å²) < 4.78 is 5.85. The number of fused-ring (bicyclic) bond motifs is 7. The van der Waals surface area contributed by atoms with Gasteiger partial charge in [0.15, 0.2) is 0 Å². The van der Waals surface area contributed by atoms with Gasteiger partial charge in [0.05, 0.1) is 18.0 Å². The first-order valence-corrected chi connectivity index (χ1v) is 11.6. The Kier molecular flexibility index (Phi) is 4.19. The highest BCUT2D eigenvalue weighted by Gasteiger charge is 2.75. The van der Waals surface area contributed by atoms with E-state index in [-0.39, 0.29) is 10.8 Å². The van der Waals surface area contributed by atoms with Crippen molar-refractivity contribution in [1.82, 2.24) is 0 Å². The van der Waals surface area contributed by atoms with Crippen molar-refractivity contribution < 1.29 is 14.6 Å². The number of aliphatic hydroxyl groups is 1. The van der Waals surface area contributed by atoms with Gasteiger partial charge in [0.2, 0.25) is 0 Å². The number of hydrogen-bond acceptors (Lipinski definition) is 3. The Morgan fingerprint density at radius 3 is 2.82 bits per heavy atom. The summed E-state index contributed by atoms with van der Waals surface area (Å²) in [6, 6.07) is 0. The van der Waals surface area contributed by atoms with Crippen LogP contribution in [0.4, 0.5) is 0 Å². The van der Waals surface area contributed by atoms with Crippen LogP contribution in [0.15, 0.2) is 23.5 Å². The lowest BCUT2D eigenvalue weighted by atomic mass is 9.46. The smallest absolute Gasteiger partial charge is 0.120 e. The predicted molar refractivity (Wildman–Crippen MR) is 109 cm³/mol. The molecule has 0 unspecified atom stereocenters. The van der Waals surface area contributed by atoms with E-state index in [1.165, 1.54) is 24.8 Å². The molecular weight excluding hydrogens is 348 g/mol. The summed E-state index contributed by atoms with van der Waals surface area (Å²) in [5.41, 5.74) is 1.15. The van der Waals surface area contributed by atoms with Crippen LogP contribution in [0.3, 0.4) is 0 Å². The fourth-order valence-electron chi connectivity index (χ4n) is 8.48. The fourth-order valence-corrected chi connectivity index (χ4v) is 8.48. The summed E-state index contributed by atoms with van der Waals surface area (Å²) in [5.74, 6) is 4.33. The van der Waals surface area contributed by atoms with Crippen LogP contribution < -0.4 is 0 Å². The number of allylic oxidation sites excluding steroid dienone is 4. The Bertz CT molecular complexity index is 738. The Balaban J connectivity index is 1.47. The third-order valence-electron chi connectivity index (χ3n) is 9.86. The summed E-state index contributed by atoms with van der Waals surface area (Å²) in [6.07, 6.45) is 13.9. The molecule has 3 fully saturated rings. The first-order chi connectivity index (χ1) is 13.4. The monoisotopic (exact) mass is 384 g/mol. The predicted octanol–water partition coefficient (Wildman–Crippen LogP) is 5.05. The molecule has 0 aromatic carbocycles. The Hall–Kier alpha value is -1.09. The summed E-state index contributed by atoms with van der Waals surface area (Å²) in [7, 11) is 0. The molecule has 3 heteroatoms. The lowest BCUT2D eigenvalue weighted by molar-refractivity contribution is -0.148. The third kappa shape index (κ3) is 2.29. The number of rotatable bonds is 5. The van der Waals surface area contributed by atoms with Crippen LogP contribution in [0.5, 0.6) is 0 Å². The first-order valence-electron chi connectivity index (χ1n) is 11.6. The number of aldehydes is 1. The fraction of sp³-hybridized carbons (Fsp3) is 0.800. The maximum Gasteiger partial charge on any atom is 0.120 e. The highest BCUT2D eigenvalue weighted by Crippen LogP contribution is 2.77. The molecule has 1 N–H and O–H groups in total. The maximum atomic E-state index is 11.8. The van der Waals surface area contributed by atoms with Gasteiger partial charge < -0.3 is 14.6 Å². The van der Waals surface area contributed by atoms with Gasteiger partial charge in [-0.2, -0.15) is 0 Å².